The fourth-order valence-corrected chi connectivity index (χ4v) is 2.59. The molecule has 0 spiro atoms. The van der Waals surface area contributed by atoms with E-state index in [1.165, 1.54) is 0 Å². The normalized spacial score (nSPS) is 20.2. The number of likely N-dealkylation sites (tertiary alicyclic amines) is 1. The summed E-state index contributed by atoms with van der Waals surface area (Å²) in [5, 5.41) is 12.5. The summed E-state index contributed by atoms with van der Waals surface area (Å²) >= 11 is 0. The second-order valence-electron chi connectivity index (χ2n) is 6.56. The molecule has 0 aromatic rings. The van der Waals surface area contributed by atoms with Crippen LogP contribution < -0.4 is 5.32 Å². The van der Waals surface area contributed by atoms with E-state index in [1.807, 2.05) is 4.90 Å². The minimum atomic E-state index is -0.779. The molecular weight excluding hydrogens is 256 g/mol. The zero-order chi connectivity index (χ0) is 15.3. The minimum Gasteiger partial charge on any atom is -0.481 e. The van der Waals surface area contributed by atoms with Crippen molar-refractivity contribution in [1.29, 1.82) is 0 Å². The maximum absolute atomic E-state index is 12.2. The van der Waals surface area contributed by atoms with Gasteiger partial charge in [-0.05, 0) is 32.6 Å². The lowest BCUT2D eigenvalue weighted by Crippen LogP contribution is -2.47. The van der Waals surface area contributed by atoms with Crippen LogP contribution in [0.4, 0.5) is 0 Å². The van der Waals surface area contributed by atoms with Crippen molar-refractivity contribution in [3.8, 4) is 0 Å². The predicted octanol–water partition coefficient (Wildman–Crippen LogP) is 1.72. The molecule has 1 fully saturated rings. The van der Waals surface area contributed by atoms with E-state index in [0.717, 1.165) is 19.4 Å². The molecule has 0 aromatic carbocycles. The Morgan fingerprint density at radius 1 is 1.40 bits per heavy atom. The number of hydrogen-bond donors (Lipinski definition) is 2. The summed E-state index contributed by atoms with van der Waals surface area (Å²) in [6.07, 6.45) is 2.26. The number of nitrogens with one attached hydrogen (secondary N) is 1. The van der Waals surface area contributed by atoms with Gasteiger partial charge in [-0.3, -0.25) is 9.59 Å². The van der Waals surface area contributed by atoms with Gasteiger partial charge in [-0.25, -0.2) is 0 Å². The molecule has 1 aliphatic heterocycles. The van der Waals surface area contributed by atoms with E-state index in [4.69, 9.17) is 0 Å². The van der Waals surface area contributed by atoms with Crippen LogP contribution in [-0.2, 0) is 9.59 Å². The SMILES string of the molecule is CC(C)NCCC(=O)N1CCCC(C(C)(C)C(=O)O)C1. The van der Waals surface area contributed by atoms with E-state index >= 15 is 0 Å². The molecule has 5 nitrogen and oxygen atoms in total. The number of rotatable bonds is 6. The van der Waals surface area contributed by atoms with Gasteiger partial charge in [0.05, 0.1) is 5.41 Å². The van der Waals surface area contributed by atoms with Gasteiger partial charge in [0.1, 0.15) is 0 Å². The van der Waals surface area contributed by atoms with E-state index < -0.39 is 11.4 Å². The molecule has 1 unspecified atom stereocenters. The highest BCUT2D eigenvalue weighted by molar-refractivity contribution is 5.77. The number of piperidine rings is 1. The van der Waals surface area contributed by atoms with Gasteiger partial charge in [-0.15, -0.1) is 0 Å². The molecule has 1 heterocycles. The van der Waals surface area contributed by atoms with Crippen LogP contribution in [0.2, 0.25) is 0 Å². The second-order valence-corrected chi connectivity index (χ2v) is 6.56. The average Bonchev–Trinajstić information content (AvgIpc) is 2.38. The number of aliphatic carboxylic acids is 1. The van der Waals surface area contributed by atoms with E-state index in [0.29, 0.717) is 25.6 Å². The first-order valence-electron chi connectivity index (χ1n) is 7.49. The zero-order valence-corrected chi connectivity index (χ0v) is 13.1. The highest BCUT2D eigenvalue weighted by Gasteiger charge is 2.39. The first-order valence-corrected chi connectivity index (χ1v) is 7.49. The van der Waals surface area contributed by atoms with Crippen LogP contribution in [0.5, 0.6) is 0 Å². The summed E-state index contributed by atoms with van der Waals surface area (Å²) in [7, 11) is 0. The lowest BCUT2D eigenvalue weighted by Gasteiger charge is -2.39. The molecule has 20 heavy (non-hydrogen) atoms. The van der Waals surface area contributed by atoms with Crippen molar-refractivity contribution in [1.82, 2.24) is 10.2 Å². The Kier molecular flexibility index (Phi) is 5.99. The van der Waals surface area contributed by atoms with Gasteiger partial charge in [-0.1, -0.05) is 13.8 Å². The predicted molar refractivity (Wildman–Crippen MR) is 78.5 cm³/mol. The Morgan fingerprint density at radius 2 is 2.05 bits per heavy atom. The molecule has 1 amide bonds. The number of carboxylic acid groups (broad SMARTS) is 1. The van der Waals surface area contributed by atoms with Crippen molar-refractivity contribution in [3.63, 3.8) is 0 Å². The summed E-state index contributed by atoms with van der Waals surface area (Å²) in [4.78, 5) is 25.3. The van der Waals surface area contributed by atoms with Crippen molar-refractivity contribution >= 4 is 11.9 Å². The van der Waals surface area contributed by atoms with Crippen LogP contribution >= 0.6 is 0 Å². The third-order valence-corrected chi connectivity index (χ3v) is 4.24. The highest BCUT2D eigenvalue weighted by atomic mass is 16.4. The number of nitrogens with zero attached hydrogens (tertiary/aromatic N) is 1. The Labute approximate surface area is 121 Å². The molecule has 0 aromatic heterocycles. The molecule has 116 valence electrons. The number of amides is 1. The van der Waals surface area contributed by atoms with E-state index in [2.05, 4.69) is 19.2 Å². The lowest BCUT2D eigenvalue weighted by molar-refractivity contribution is -0.153. The smallest absolute Gasteiger partial charge is 0.309 e. The monoisotopic (exact) mass is 284 g/mol. The summed E-state index contributed by atoms with van der Waals surface area (Å²) in [6, 6.07) is 0.378. The highest BCUT2D eigenvalue weighted by Crippen LogP contribution is 2.34. The summed E-state index contributed by atoms with van der Waals surface area (Å²) in [6.45, 7) is 9.63. The van der Waals surface area contributed by atoms with Crippen molar-refractivity contribution in [2.75, 3.05) is 19.6 Å². The molecule has 1 aliphatic rings. The van der Waals surface area contributed by atoms with E-state index in [1.54, 1.807) is 13.8 Å². The van der Waals surface area contributed by atoms with Crippen molar-refractivity contribution in [2.24, 2.45) is 11.3 Å². The maximum atomic E-state index is 12.2. The molecule has 0 bridgehead atoms. The molecule has 1 atom stereocenters. The van der Waals surface area contributed by atoms with Gasteiger partial charge in [0.15, 0.2) is 0 Å². The second kappa shape index (κ2) is 7.07. The van der Waals surface area contributed by atoms with Gasteiger partial charge < -0.3 is 15.3 Å². The number of hydrogen-bond acceptors (Lipinski definition) is 3. The minimum absolute atomic E-state index is 0.0377. The van der Waals surface area contributed by atoms with Crippen LogP contribution in [0.3, 0.4) is 0 Å². The lowest BCUT2D eigenvalue weighted by atomic mass is 9.74. The van der Waals surface area contributed by atoms with Crippen LogP contribution in [0.1, 0.15) is 47.0 Å². The Hall–Kier alpha value is -1.10. The van der Waals surface area contributed by atoms with Crippen molar-refractivity contribution < 1.29 is 14.7 Å². The molecular formula is C15H28N2O3. The quantitative estimate of drug-likeness (QED) is 0.779. The summed E-state index contributed by atoms with van der Waals surface area (Å²) < 4.78 is 0. The Morgan fingerprint density at radius 3 is 2.60 bits per heavy atom. The van der Waals surface area contributed by atoms with Gasteiger partial charge in [0.2, 0.25) is 5.91 Å². The van der Waals surface area contributed by atoms with E-state index in [9.17, 15) is 14.7 Å². The van der Waals surface area contributed by atoms with Crippen LogP contribution in [0.25, 0.3) is 0 Å². The summed E-state index contributed by atoms with van der Waals surface area (Å²) in [5.74, 6) is -0.613. The van der Waals surface area contributed by atoms with Crippen LogP contribution in [0.15, 0.2) is 0 Å². The number of carbonyl (C=O) groups excluding carboxylic acids is 1. The first-order chi connectivity index (χ1) is 9.25. The van der Waals surface area contributed by atoms with Crippen molar-refractivity contribution in [3.05, 3.63) is 0 Å². The standard InChI is InChI=1S/C15H28N2O3/c1-11(2)16-8-7-13(18)17-9-5-6-12(10-17)15(3,4)14(19)20/h11-12,16H,5-10H2,1-4H3,(H,19,20). The average molecular weight is 284 g/mol. The third-order valence-electron chi connectivity index (χ3n) is 4.24. The Balaban J connectivity index is 2.52. The molecule has 2 N–H and O–H groups in total. The van der Waals surface area contributed by atoms with E-state index in [-0.39, 0.29) is 11.8 Å². The topological polar surface area (TPSA) is 69.6 Å². The maximum Gasteiger partial charge on any atom is 0.309 e. The van der Waals surface area contributed by atoms with Gasteiger partial charge >= 0.3 is 5.97 Å². The number of carboxylic acids is 1. The summed E-state index contributed by atoms with van der Waals surface area (Å²) in [5.41, 5.74) is -0.769. The molecule has 1 saturated heterocycles. The fourth-order valence-electron chi connectivity index (χ4n) is 2.59. The molecule has 0 aliphatic carbocycles. The molecule has 1 rings (SSSR count). The van der Waals surface area contributed by atoms with Gasteiger partial charge in [-0.2, -0.15) is 0 Å². The molecule has 0 radical (unpaired) electrons. The van der Waals surface area contributed by atoms with Crippen LogP contribution in [-0.4, -0.2) is 47.6 Å². The largest absolute Gasteiger partial charge is 0.481 e. The van der Waals surface area contributed by atoms with Gasteiger partial charge in [0.25, 0.3) is 0 Å². The molecule has 5 heteroatoms. The van der Waals surface area contributed by atoms with Crippen molar-refractivity contribution in [2.45, 2.75) is 53.0 Å². The fraction of sp³-hybridized carbons (Fsp3) is 0.867. The molecule has 0 saturated carbocycles. The van der Waals surface area contributed by atoms with Gasteiger partial charge in [0, 0.05) is 32.1 Å². The number of carbonyl (C=O) groups is 2. The third kappa shape index (κ3) is 4.47. The zero-order valence-electron chi connectivity index (χ0n) is 13.1. The van der Waals surface area contributed by atoms with Crippen LogP contribution in [0, 0.1) is 11.3 Å². The first kappa shape index (κ1) is 17.0. The Bertz CT molecular complexity index is 353.